The maximum absolute atomic E-state index is 13.8. The van der Waals surface area contributed by atoms with Crippen LogP contribution in [-0.4, -0.2) is 49.3 Å². The number of nitrogens with zero attached hydrogens (tertiary/aromatic N) is 2. The molecule has 1 saturated carbocycles. The number of hydrogen-bond acceptors (Lipinski definition) is 6. The van der Waals surface area contributed by atoms with Gasteiger partial charge in [-0.2, -0.15) is 0 Å². The Hall–Kier alpha value is -3.42. The van der Waals surface area contributed by atoms with E-state index in [1.807, 2.05) is 41.3 Å². The third-order valence-electron chi connectivity index (χ3n) is 7.15. The highest BCUT2D eigenvalue weighted by atomic mass is 16.7. The number of fused-ring (bicyclic) bond motifs is 2. The van der Waals surface area contributed by atoms with Gasteiger partial charge in [0.15, 0.2) is 23.0 Å². The molecule has 0 N–H and O–H groups in total. The topological polar surface area (TPSA) is 77.5 Å². The summed E-state index contributed by atoms with van der Waals surface area (Å²) in [6.07, 6.45) is 4.48. The van der Waals surface area contributed by atoms with Gasteiger partial charge in [-0.25, -0.2) is 0 Å². The Balaban J connectivity index is 1.21. The Morgan fingerprint density at radius 1 is 0.912 bits per heavy atom. The van der Waals surface area contributed by atoms with Gasteiger partial charge in [-0.15, -0.1) is 0 Å². The van der Waals surface area contributed by atoms with Gasteiger partial charge in [-0.05, 0) is 42.7 Å². The minimum atomic E-state index is -0.365. The average Bonchev–Trinajstić information content (AvgIpc) is 3.62. The van der Waals surface area contributed by atoms with Crippen LogP contribution in [0.15, 0.2) is 36.4 Å². The standard InChI is InChI=1S/C26H28N2O6/c29-25-12-18(15-27(25)20-6-8-21-24(13-20)32-10-9-31-21)26(30)28(19-3-1-2-4-19)14-17-5-7-22-23(11-17)34-16-33-22/h5-8,11,13,18-19H,1-4,9-10,12,14-16H2/t18-/m0/s1. The van der Waals surface area contributed by atoms with E-state index in [0.717, 1.165) is 48.4 Å². The lowest BCUT2D eigenvalue weighted by atomic mass is 10.0. The fourth-order valence-electron chi connectivity index (χ4n) is 5.40. The normalized spacial score (nSPS) is 21.2. The minimum Gasteiger partial charge on any atom is -0.486 e. The Morgan fingerprint density at radius 3 is 2.47 bits per heavy atom. The number of ether oxygens (including phenoxy) is 4. The molecule has 1 saturated heterocycles. The number of carbonyl (C=O) groups excluding carboxylic acids is 2. The summed E-state index contributed by atoms with van der Waals surface area (Å²) in [6, 6.07) is 11.6. The lowest BCUT2D eigenvalue weighted by Crippen LogP contribution is -2.42. The van der Waals surface area contributed by atoms with Crippen LogP contribution in [0.5, 0.6) is 23.0 Å². The molecule has 8 heteroatoms. The van der Waals surface area contributed by atoms with Crippen molar-refractivity contribution in [2.24, 2.45) is 5.92 Å². The van der Waals surface area contributed by atoms with Crippen molar-refractivity contribution < 1.29 is 28.5 Å². The molecule has 34 heavy (non-hydrogen) atoms. The molecule has 3 aliphatic heterocycles. The monoisotopic (exact) mass is 464 g/mol. The second-order valence-electron chi connectivity index (χ2n) is 9.33. The summed E-state index contributed by atoms with van der Waals surface area (Å²) in [6.45, 7) is 2.12. The molecule has 0 spiro atoms. The quantitative estimate of drug-likeness (QED) is 0.674. The van der Waals surface area contributed by atoms with Crippen molar-refractivity contribution >= 4 is 17.5 Å². The first-order valence-electron chi connectivity index (χ1n) is 12.0. The molecule has 178 valence electrons. The van der Waals surface area contributed by atoms with Crippen LogP contribution >= 0.6 is 0 Å². The summed E-state index contributed by atoms with van der Waals surface area (Å²) in [7, 11) is 0. The first kappa shape index (κ1) is 21.1. The average molecular weight is 465 g/mol. The molecule has 0 aromatic heterocycles. The second-order valence-corrected chi connectivity index (χ2v) is 9.33. The van der Waals surface area contributed by atoms with Crippen LogP contribution in [-0.2, 0) is 16.1 Å². The lowest BCUT2D eigenvalue weighted by molar-refractivity contribution is -0.138. The van der Waals surface area contributed by atoms with Crippen LogP contribution in [0.25, 0.3) is 0 Å². The molecule has 1 atom stereocenters. The highest BCUT2D eigenvalue weighted by molar-refractivity contribution is 6.00. The molecule has 2 fully saturated rings. The fraction of sp³-hybridized carbons (Fsp3) is 0.462. The number of hydrogen-bond donors (Lipinski definition) is 0. The predicted octanol–water partition coefficient (Wildman–Crippen LogP) is 3.51. The molecule has 6 rings (SSSR count). The van der Waals surface area contributed by atoms with Crippen molar-refractivity contribution in [3.63, 3.8) is 0 Å². The largest absolute Gasteiger partial charge is 0.486 e. The first-order valence-corrected chi connectivity index (χ1v) is 12.0. The molecule has 4 aliphatic rings. The van der Waals surface area contributed by atoms with E-state index in [-0.39, 0.29) is 37.0 Å². The summed E-state index contributed by atoms with van der Waals surface area (Å²) < 4.78 is 22.2. The number of amides is 2. The molecule has 2 aromatic rings. The maximum atomic E-state index is 13.8. The third-order valence-corrected chi connectivity index (χ3v) is 7.15. The van der Waals surface area contributed by atoms with Crippen LogP contribution in [0.4, 0.5) is 5.69 Å². The summed E-state index contributed by atoms with van der Waals surface area (Å²) in [5.41, 5.74) is 1.75. The predicted molar refractivity (Wildman–Crippen MR) is 123 cm³/mol. The number of benzene rings is 2. The summed E-state index contributed by atoms with van der Waals surface area (Å²) in [4.78, 5) is 30.4. The van der Waals surface area contributed by atoms with E-state index in [1.165, 1.54) is 0 Å². The SMILES string of the molecule is O=C1C[C@H](C(=O)N(Cc2ccc3c(c2)OCO3)C2CCCC2)CN1c1ccc2c(c1)OCCO2. The highest BCUT2D eigenvalue weighted by Crippen LogP contribution is 2.38. The van der Waals surface area contributed by atoms with Crippen molar-refractivity contribution in [2.45, 2.75) is 44.7 Å². The van der Waals surface area contributed by atoms with E-state index in [4.69, 9.17) is 18.9 Å². The van der Waals surface area contributed by atoms with Crippen LogP contribution in [0.2, 0.25) is 0 Å². The second kappa shape index (κ2) is 8.74. The fourth-order valence-corrected chi connectivity index (χ4v) is 5.40. The molecule has 0 unspecified atom stereocenters. The van der Waals surface area contributed by atoms with E-state index in [2.05, 4.69) is 0 Å². The van der Waals surface area contributed by atoms with Crippen molar-refractivity contribution in [3.05, 3.63) is 42.0 Å². The van der Waals surface area contributed by atoms with Gasteiger partial charge in [0, 0.05) is 37.3 Å². The van der Waals surface area contributed by atoms with E-state index >= 15 is 0 Å². The Morgan fingerprint density at radius 2 is 1.62 bits per heavy atom. The zero-order valence-electron chi connectivity index (χ0n) is 19.0. The van der Waals surface area contributed by atoms with E-state index in [9.17, 15) is 9.59 Å². The molecule has 3 heterocycles. The first-order chi connectivity index (χ1) is 16.7. The molecule has 2 amide bonds. The molecule has 1 aliphatic carbocycles. The van der Waals surface area contributed by atoms with E-state index < -0.39 is 0 Å². The van der Waals surface area contributed by atoms with Crippen LogP contribution in [0.3, 0.4) is 0 Å². The van der Waals surface area contributed by atoms with Crippen molar-refractivity contribution in [1.82, 2.24) is 4.90 Å². The molecule has 0 radical (unpaired) electrons. The van der Waals surface area contributed by atoms with E-state index in [0.29, 0.717) is 37.8 Å². The molecule has 0 bridgehead atoms. The van der Waals surface area contributed by atoms with Gasteiger partial charge >= 0.3 is 0 Å². The molecule has 8 nitrogen and oxygen atoms in total. The van der Waals surface area contributed by atoms with Crippen molar-refractivity contribution in [2.75, 3.05) is 31.5 Å². The minimum absolute atomic E-state index is 0.0375. The number of carbonyl (C=O) groups is 2. The van der Waals surface area contributed by atoms with Gasteiger partial charge in [0.25, 0.3) is 0 Å². The number of rotatable bonds is 5. The summed E-state index contributed by atoms with van der Waals surface area (Å²) in [5, 5.41) is 0. The van der Waals surface area contributed by atoms with Gasteiger partial charge in [0.1, 0.15) is 13.2 Å². The van der Waals surface area contributed by atoms with Crippen LogP contribution in [0, 0.1) is 5.92 Å². The van der Waals surface area contributed by atoms with Crippen LogP contribution in [0.1, 0.15) is 37.7 Å². The van der Waals surface area contributed by atoms with Gasteiger partial charge in [-0.3, -0.25) is 9.59 Å². The highest BCUT2D eigenvalue weighted by Gasteiger charge is 2.40. The smallest absolute Gasteiger partial charge is 0.231 e. The Bertz CT molecular complexity index is 1110. The number of anilines is 1. The Kier molecular flexibility index (Phi) is 5.43. The van der Waals surface area contributed by atoms with Crippen molar-refractivity contribution in [3.8, 4) is 23.0 Å². The molecule has 2 aromatic carbocycles. The van der Waals surface area contributed by atoms with Crippen molar-refractivity contribution in [1.29, 1.82) is 0 Å². The Labute approximate surface area is 198 Å². The lowest BCUT2D eigenvalue weighted by Gasteiger charge is -2.31. The molecular formula is C26H28N2O6. The summed E-state index contributed by atoms with van der Waals surface area (Å²) >= 11 is 0. The van der Waals surface area contributed by atoms with E-state index in [1.54, 1.807) is 4.90 Å². The van der Waals surface area contributed by atoms with Gasteiger partial charge in [0.2, 0.25) is 18.6 Å². The van der Waals surface area contributed by atoms with Crippen LogP contribution < -0.4 is 23.8 Å². The summed E-state index contributed by atoms with van der Waals surface area (Å²) in [5.74, 6) is 2.43. The zero-order valence-corrected chi connectivity index (χ0v) is 19.0. The molecular weight excluding hydrogens is 436 g/mol. The maximum Gasteiger partial charge on any atom is 0.231 e. The van der Waals surface area contributed by atoms with Gasteiger partial charge in [0.05, 0.1) is 5.92 Å². The third kappa shape index (κ3) is 3.91. The zero-order chi connectivity index (χ0) is 23.1. The van der Waals surface area contributed by atoms with Gasteiger partial charge < -0.3 is 28.7 Å². The van der Waals surface area contributed by atoms with Gasteiger partial charge in [-0.1, -0.05) is 18.9 Å².